The summed E-state index contributed by atoms with van der Waals surface area (Å²) in [6.45, 7) is 4.18. The number of imidazole rings is 1. The van der Waals surface area contributed by atoms with Gasteiger partial charge in [0.05, 0.1) is 17.1 Å². The van der Waals surface area contributed by atoms with Crippen LogP contribution in [-0.4, -0.2) is 37.1 Å². The van der Waals surface area contributed by atoms with Gasteiger partial charge in [0.15, 0.2) is 5.16 Å². The van der Waals surface area contributed by atoms with Crippen LogP contribution in [-0.2, 0) is 6.54 Å². The highest BCUT2D eigenvalue weighted by Crippen LogP contribution is 2.32. The summed E-state index contributed by atoms with van der Waals surface area (Å²) in [4.78, 5) is 19.9. The van der Waals surface area contributed by atoms with Crippen molar-refractivity contribution in [2.45, 2.75) is 50.4 Å². The Morgan fingerprint density at radius 1 is 1.23 bits per heavy atom. The second-order valence-corrected chi connectivity index (χ2v) is 7.91. The summed E-state index contributed by atoms with van der Waals surface area (Å²) in [6.07, 6.45) is 8.73. The second-order valence-electron chi connectivity index (χ2n) is 6.84. The lowest BCUT2D eigenvalue weighted by molar-refractivity contribution is 0.240. The van der Waals surface area contributed by atoms with Gasteiger partial charge in [0.2, 0.25) is 0 Å². The summed E-state index contributed by atoms with van der Waals surface area (Å²) in [5, 5.41) is 0.887. The molecule has 0 amide bonds. The van der Waals surface area contributed by atoms with Gasteiger partial charge < -0.3 is 4.98 Å². The minimum atomic E-state index is 0.348. The number of para-hydroxylation sites is 2. The molecule has 1 aromatic carbocycles. The zero-order chi connectivity index (χ0) is 17.8. The van der Waals surface area contributed by atoms with Gasteiger partial charge in [0.25, 0.3) is 0 Å². The molecule has 6 heteroatoms. The molecule has 1 saturated heterocycles. The molecule has 0 saturated carbocycles. The van der Waals surface area contributed by atoms with E-state index in [1.807, 2.05) is 24.5 Å². The number of likely N-dealkylation sites (tertiary alicyclic amines) is 1. The van der Waals surface area contributed by atoms with E-state index in [1.165, 1.54) is 24.8 Å². The van der Waals surface area contributed by atoms with Gasteiger partial charge in [-0.05, 0) is 37.9 Å². The highest BCUT2D eigenvalue weighted by molar-refractivity contribution is 7.99. The molecule has 3 aromatic rings. The van der Waals surface area contributed by atoms with E-state index in [1.54, 1.807) is 11.8 Å². The zero-order valence-electron chi connectivity index (χ0n) is 15.2. The van der Waals surface area contributed by atoms with E-state index in [0.29, 0.717) is 6.04 Å². The number of hydrogen-bond donors (Lipinski definition) is 1. The molecule has 136 valence electrons. The first-order valence-corrected chi connectivity index (χ1v) is 10.4. The maximum absolute atomic E-state index is 4.81. The minimum absolute atomic E-state index is 0.348. The van der Waals surface area contributed by atoms with Gasteiger partial charge in [-0.15, -0.1) is 0 Å². The van der Waals surface area contributed by atoms with Crippen molar-refractivity contribution in [2.24, 2.45) is 0 Å². The Kier molecular flexibility index (Phi) is 5.51. The van der Waals surface area contributed by atoms with Crippen molar-refractivity contribution in [2.75, 3.05) is 12.3 Å². The highest BCUT2D eigenvalue weighted by Gasteiger charge is 2.28. The summed E-state index contributed by atoms with van der Waals surface area (Å²) in [5.41, 5.74) is 3.34. The monoisotopic (exact) mass is 367 g/mol. The average Bonchev–Trinajstić information content (AvgIpc) is 3.29. The number of nitrogens with one attached hydrogen (secondary N) is 1. The Balaban J connectivity index is 1.43. The van der Waals surface area contributed by atoms with Crippen LogP contribution in [0, 0.1) is 0 Å². The normalized spacial score (nSPS) is 18.0. The van der Waals surface area contributed by atoms with Gasteiger partial charge in [-0.1, -0.05) is 37.2 Å². The molecule has 0 spiro atoms. The first kappa shape index (κ1) is 17.5. The molecule has 1 atom stereocenters. The fourth-order valence-electron chi connectivity index (χ4n) is 3.50. The predicted octanol–water partition coefficient (Wildman–Crippen LogP) is 4.58. The van der Waals surface area contributed by atoms with E-state index in [9.17, 15) is 0 Å². The topological polar surface area (TPSA) is 57.7 Å². The van der Waals surface area contributed by atoms with Crippen LogP contribution in [0.4, 0.5) is 0 Å². The van der Waals surface area contributed by atoms with Gasteiger partial charge in [-0.2, -0.15) is 0 Å². The number of fused-ring (bicyclic) bond motifs is 1. The molecule has 1 aliphatic heterocycles. The number of unbranched alkanes of at least 4 members (excludes halogenated alkanes) is 1. The molecule has 0 bridgehead atoms. The van der Waals surface area contributed by atoms with E-state index >= 15 is 0 Å². The van der Waals surface area contributed by atoms with Gasteiger partial charge in [-0.25, -0.2) is 15.0 Å². The molecule has 4 rings (SSSR count). The first-order chi connectivity index (χ1) is 12.8. The summed E-state index contributed by atoms with van der Waals surface area (Å²) in [7, 11) is 0. The van der Waals surface area contributed by atoms with Gasteiger partial charge in [-0.3, -0.25) is 4.90 Å². The molecule has 5 nitrogen and oxygen atoms in total. The standard InChI is InChI=1S/C20H25N5S/c1-2-3-11-26-20-21-12-15(13-22-20)14-25-10-6-9-18(25)19-23-16-7-4-5-8-17(16)24-19/h4-5,7-8,12-13,18H,2-3,6,9-11,14H2,1H3,(H,23,24)/t18-/m0/s1. The van der Waals surface area contributed by atoms with Crippen molar-refractivity contribution in [3.8, 4) is 0 Å². The first-order valence-electron chi connectivity index (χ1n) is 9.46. The smallest absolute Gasteiger partial charge is 0.187 e. The number of aromatic nitrogens is 4. The number of hydrogen-bond acceptors (Lipinski definition) is 5. The number of aromatic amines is 1. The number of rotatable bonds is 7. The highest BCUT2D eigenvalue weighted by atomic mass is 32.2. The van der Waals surface area contributed by atoms with Crippen molar-refractivity contribution in [3.05, 3.63) is 48.0 Å². The Bertz CT molecular complexity index is 812. The molecule has 0 aliphatic carbocycles. The van der Waals surface area contributed by atoms with Crippen LogP contribution in [0.15, 0.2) is 41.8 Å². The Morgan fingerprint density at radius 2 is 2.08 bits per heavy atom. The number of thioether (sulfide) groups is 1. The molecular formula is C20H25N5S. The predicted molar refractivity (Wildman–Crippen MR) is 106 cm³/mol. The third-order valence-electron chi connectivity index (χ3n) is 4.88. The Labute approximate surface area is 158 Å². The van der Waals surface area contributed by atoms with E-state index in [4.69, 9.17) is 4.98 Å². The second kappa shape index (κ2) is 8.18. The zero-order valence-corrected chi connectivity index (χ0v) is 16.0. The molecule has 0 radical (unpaired) electrons. The van der Waals surface area contributed by atoms with Crippen molar-refractivity contribution >= 4 is 22.8 Å². The number of benzene rings is 1. The van der Waals surface area contributed by atoms with Crippen LogP contribution >= 0.6 is 11.8 Å². The molecule has 3 heterocycles. The molecule has 1 fully saturated rings. The minimum Gasteiger partial charge on any atom is -0.341 e. The average molecular weight is 368 g/mol. The molecule has 26 heavy (non-hydrogen) atoms. The van der Waals surface area contributed by atoms with Crippen molar-refractivity contribution in [1.29, 1.82) is 0 Å². The van der Waals surface area contributed by atoms with Gasteiger partial charge in [0.1, 0.15) is 5.82 Å². The summed E-state index contributed by atoms with van der Waals surface area (Å²) >= 11 is 1.75. The number of H-pyrrole nitrogens is 1. The SMILES string of the molecule is CCCCSc1ncc(CN2CCC[C@H]2c2nc3ccccc3[nH]2)cn1. The maximum atomic E-state index is 4.81. The summed E-state index contributed by atoms with van der Waals surface area (Å²) < 4.78 is 0. The molecular weight excluding hydrogens is 342 g/mol. The fourth-order valence-corrected chi connectivity index (χ4v) is 4.37. The molecule has 2 aromatic heterocycles. The van der Waals surface area contributed by atoms with Crippen LogP contribution < -0.4 is 0 Å². The van der Waals surface area contributed by atoms with Crippen molar-refractivity contribution < 1.29 is 0 Å². The van der Waals surface area contributed by atoms with Crippen LogP contribution in [0.1, 0.15) is 50.0 Å². The van der Waals surface area contributed by atoms with Crippen LogP contribution in [0.5, 0.6) is 0 Å². The van der Waals surface area contributed by atoms with Crippen LogP contribution in [0.3, 0.4) is 0 Å². The third-order valence-corrected chi connectivity index (χ3v) is 5.85. The van der Waals surface area contributed by atoms with E-state index in [0.717, 1.165) is 47.3 Å². The molecule has 1 N–H and O–H groups in total. The quantitative estimate of drug-likeness (QED) is 0.376. The van der Waals surface area contributed by atoms with E-state index < -0.39 is 0 Å². The van der Waals surface area contributed by atoms with Crippen molar-refractivity contribution in [1.82, 2.24) is 24.8 Å². The number of nitrogens with zero attached hydrogens (tertiary/aromatic N) is 4. The summed E-state index contributed by atoms with van der Waals surface area (Å²) in [5.74, 6) is 2.17. The lowest BCUT2D eigenvalue weighted by atomic mass is 10.2. The largest absolute Gasteiger partial charge is 0.341 e. The molecule has 0 unspecified atom stereocenters. The van der Waals surface area contributed by atoms with E-state index in [2.05, 4.69) is 38.9 Å². The summed E-state index contributed by atoms with van der Waals surface area (Å²) in [6, 6.07) is 8.59. The lowest BCUT2D eigenvalue weighted by Crippen LogP contribution is -2.23. The maximum Gasteiger partial charge on any atom is 0.187 e. The van der Waals surface area contributed by atoms with Crippen LogP contribution in [0.25, 0.3) is 11.0 Å². The van der Waals surface area contributed by atoms with Crippen molar-refractivity contribution in [3.63, 3.8) is 0 Å². The van der Waals surface area contributed by atoms with Gasteiger partial charge >= 0.3 is 0 Å². The lowest BCUT2D eigenvalue weighted by Gasteiger charge is -2.22. The Morgan fingerprint density at radius 3 is 2.88 bits per heavy atom. The fraction of sp³-hybridized carbons (Fsp3) is 0.450. The Hall–Kier alpha value is -1.92. The van der Waals surface area contributed by atoms with Crippen LogP contribution in [0.2, 0.25) is 0 Å². The van der Waals surface area contributed by atoms with E-state index in [-0.39, 0.29) is 0 Å². The molecule has 1 aliphatic rings. The van der Waals surface area contributed by atoms with Gasteiger partial charge in [0, 0.05) is 30.3 Å². The third kappa shape index (κ3) is 3.91.